The second-order valence-corrected chi connectivity index (χ2v) is 4.11. The van der Waals surface area contributed by atoms with Crippen LogP contribution in [0.3, 0.4) is 0 Å². The van der Waals surface area contributed by atoms with Crippen molar-refractivity contribution >= 4 is 12.0 Å². The van der Waals surface area contributed by atoms with Crippen LogP contribution in [0.1, 0.15) is 24.4 Å². The second kappa shape index (κ2) is 6.46. The lowest BCUT2D eigenvalue weighted by molar-refractivity contribution is -0.117. The van der Waals surface area contributed by atoms with E-state index in [0.29, 0.717) is 5.82 Å². The minimum atomic E-state index is -0.304. The lowest BCUT2D eigenvalue weighted by Gasteiger charge is -2.07. The Kier molecular flexibility index (Phi) is 4.43. The number of ether oxygens (including phenoxy) is 1. The maximum absolute atomic E-state index is 11.7. The molecule has 0 fully saturated rings. The van der Waals surface area contributed by atoms with Crippen LogP contribution in [0.15, 0.2) is 30.3 Å². The van der Waals surface area contributed by atoms with Crippen molar-refractivity contribution in [3.05, 3.63) is 41.7 Å². The van der Waals surface area contributed by atoms with E-state index in [1.54, 1.807) is 20.1 Å². The summed E-state index contributed by atoms with van der Waals surface area (Å²) in [7, 11) is 1.61. The number of benzene rings is 1. The molecule has 104 valence electrons. The van der Waals surface area contributed by atoms with E-state index >= 15 is 0 Å². The number of aromatic amines is 1. The molecule has 0 aliphatic carbocycles. The van der Waals surface area contributed by atoms with Gasteiger partial charge in [-0.25, -0.2) is 0 Å². The largest absolute Gasteiger partial charge is 0.497 e. The minimum Gasteiger partial charge on any atom is -0.497 e. The predicted molar refractivity (Wildman–Crippen MR) is 72.8 cm³/mol. The number of hydrogen-bond donors (Lipinski definition) is 2. The van der Waals surface area contributed by atoms with Crippen molar-refractivity contribution in [1.29, 1.82) is 0 Å². The molecule has 7 heteroatoms. The molecule has 2 rings (SSSR count). The maximum Gasteiger partial charge on any atom is 0.244 e. The minimum absolute atomic E-state index is 0.224. The van der Waals surface area contributed by atoms with Gasteiger partial charge in [0.25, 0.3) is 0 Å². The summed E-state index contributed by atoms with van der Waals surface area (Å²) >= 11 is 0. The van der Waals surface area contributed by atoms with Crippen LogP contribution >= 0.6 is 0 Å². The molecule has 0 spiro atoms. The average molecular weight is 273 g/mol. The molecule has 7 nitrogen and oxygen atoms in total. The zero-order chi connectivity index (χ0) is 14.4. The molecule has 0 aliphatic rings. The Labute approximate surface area is 116 Å². The molecule has 2 N–H and O–H groups in total. The van der Waals surface area contributed by atoms with Crippen LogP contribution < -0.4 is 10.1 Å². The van der Waals surface area contributed by atoms with Crippen molar-refractivity contribution in [3.8, 4) is 5.75 Å². The van der Waals surface area contributed by atoms with E-state index in [1.807, 2.05) is 24.3 Å². The number of hydrogen-bond acceptors (Lipinski definition) is 5. The van der Waals surface area contributed by atoms with Crippen LogP contribution in [0, 0.1) is 0 Å². The van der Waals surface area contributed by atoms with Crippen LogP contribution in [-0.4, -0.2) is 33.6 Å². The molecule has 2 aromatic rings. The number of methoxy groups -OCH3 is 1. The number of nitrogens with zero attached hydrogens (tertiary/aromatic N) is 3. The third-order valence-corrected chi connectivity index (χ3v) is 2.65. The predicted octanol–water partition coefficient (Wildman–Crippen LogP) is 1.10. The van der Waals surface area contributed by atoms with E-state index in [1.165, 1.54) is 6.08 Å². The number of aromatic nitrogens is 4. The molecule has 0 saturated carbocycles. The van der Waals surface area contributed by atoms with E-state index < -0.39 is 0 Å². The second-order valence-electron chi connectivity index (χ2n) is 4.11. The van der Waals surface area contributed by atoms with Crippen molar-refractivity contribution in [2.75, 3.05) is 7.11 Å². The topological polar surface area (TPSA) is 92.8 Å². The number of amides is 1. The summed E-state index contributed by atoms with van der Waals surface area (Å²) in [5.74, 6) is 0.992. The summed E-state index contributed by atoms with van der Waals surface area (Å²) in [5, 5.41) is 16.1. The van der Waals surface area contributed by atoms with E-state index in [9.17, 15) is 4.79 Å². The van der Waals surface area contributed by atoms with Crippen molar-refractivity contribution in [1.82, 2.24) is 25.9 Å². The van der Waals surface area contributed by atoms with E-state index in [4.69, 9.17) is 4.74 Å². The van der Waals surface area contributed by atoms with Gasteiger partial charge in [0.05, 0.1) is 13.2 Å². The van der Waals surface area contributed by atoms with Crippen molar-refractivity contribution in [3.63, 3.8) is 0 Å². The smallest absolute Gasteiger partial charge is 0.244 e. The SMILES string of the molecule is COc1ccc(C=CC(=O)NC(C)c2nn[nH]n2)cc1. The van der Waals surface area contributed by atoms with Gasteiger partial charge in [-0.1, -0.05) is 17.3 Å². The molecule has 1 aromatic carbocycles. The van der Waals surface area contributed by atoms with Gasteiger partial charge in [-0.2, -0.15) is 5.21 Å². The quantitative estimate of drug-likeness (QED) is 0.796. The van der Waals surface area contributed by atoms with E-state index in [0.717, 1.165) is 11.3 Å². The Hall–Kier alpha value is -2.70. The zero-order valence-corrected chi connectivity index (χ0v) is 11.2. The number of carbonyl (C=O) groups is 1. The zero-order valence-electron chi connectivity index (χ0n) is 11.2. The molecule has 1 aromatic heterocycles. The van der Waals surface area contributed by atoms with E-state index in [2.05, 4.69) is 25.9 Å². The molecule has 0 radical (unpaired) electrons. The van der Waals surface area contributed by atoms with Crippen LogP contribution in [0.5, 0.6) is 5.75 Å². The first-order chi connectivity index (χ1) is 9.69. The van der Waals surface area contributed by atoms with E-state index in [-0.39, 0.29) is 11.9 Å². The lowest BCUT2D eigenvalue weighted by atomic mass is 10.2. The third-order valence-electron chi connectivity index (χ3n) is 2.65. The highest BCUT2D eigenvalue weighted by Crippen LogP contribution is 2.12. The third kappa shape index (κ3) is 3.64. The fraction of sp³-hybridized carbons (Fsp3) is 0.231. The summed E-state index contributed by atoms with van der Waals surface area (Å²) in [4.78, 5) is 11.7. The first-order valence-corrected chi connectivity index (χ1v) is 6.05. The Balaban J connectivity index is 1.91. The van der Waals surface area contributed by atoms with Gasteiger partial charge < -0.3 is 10.1 Å². The summed E-state index contributed by atoms with van der Waals surface area (Å²) in [5.41, 5.74) is 0.910. The molecule has 0 bridgehead atoms. The number of nitrogens with one attached hydrogen (secondary N) is 2. The highest BCUT2D eigenvalue weighted by atomic mass is 16.5. The fourth-order valence-corrected chi connectivity index (χ4v) is 1.57. The summed E-state index contributed by atoms with van der Waals surface area (Å²) in [6.07, 6.45) is 3.18. The van der Waals surface area contributed by atoms with Crippen molar-refractivity contribution in [2.45, 2.75) is 13.0 Å². The summed E-state index contributed by atoms with van der Waals surface area (Å²) in [6.45, 7) is 1.78. The molecule has 1 unspecified atom stereocenters. The molecule has 20 heavy (non-hydrogen) atoms. The molecular weight excluding hydrogens is 258 g/mol. The molecule has 1 heterocycles. The highest BCUT2D eigenvalue weighted by molar-refractivity contribution is 5.91. The normalized spacial score (nSPS) is 12.3. The Morgan fingerprint density at radius 2 is 2.15 bits per heavy atom. The number of tetrazole rings is 1. The summed E-state index contributed by atoms with van der Waals surface area (Å²) in [6, 6.07) is 7.09. The molecule has 0 aliphatic heterocycles. The molecule has 1 amide bonds. The van der Waals surface area contributed by atoms with Gasteiger partial charge >= 0.3 is 0 Å². The number of rotatable bonds is 5. The van der Waals surface area contributed by atoms with Crippen molar-refractivity contribution in [2.24, 2.45) is 0 Å². The van der Waals surface area contributed by atoms with Gasteiger partial charge in [0, 0.05) is 6.08 Å². The van der Waals surface area contributed by atoms with Gasteiger partial charge in [-0.05, 0) is 30.7 Å². The van der Waals surface area contributed by atoms with Crippen LogP contribution in [-0.2, 0) is 4.79 Å². The lowest BCUT2D eigenvalue weighted by Crippen LogP contribution is -2.25. The molecular formula is C13H15N5O2. The Morgan fingerprint density at radius 3 is 2.75 bits per heavy atom. The van der Waals surface area contributed by atoms with Crippen LogP contribution in [0.2, 0.25) is 0 Å². The standard InChI is InChI=1S/C13H15N5O2/c1-9(13-15-17-18-16-13)14-12(19)8-5-10-3-6-11(20-2)7-4-10/h3-9H,1-2H3,(H,14,19)(H,15,16,17,18). The highest BCUT2D eigenvalue weighted by Gasteiger charge is 2.11. The van der Waals surface area contributed by atoms with Gasteiger partial charge in [0.15, 0.2) is 5.82 Å². The number of carbonyl (C=O) groups excluding carboxylic acids is 1. The van der Waals surface area contributed by atoms with Gasteiger partial charge in [0.1, 0.15) is 5.75 Å². The molecule has 0 saturated heterocycles. The Morgan fingerprint density at radius 1 is 1.40 bits per heavy atom. The maximum atomic E-state index is 11.7. The monoisotopic (exact) mass is 273 g/mol. The molecule has 1 atom stereocenters. The van der Waals surface area contributed by atoms with Gasteiger partial charge in [-0.3, -0.25) is 4.79 Å². The van der Waals surface area contributed by atoms with Gasteiger partial charge in [-0.15, -0.1) is 10.2 Å². The van der Waals surface area contributed by atoms with Crippen LogP contribution in [0.25, 0.3) is 6.08 Å². The first kappa shape index (κ1) is 13.7. The summed E-state index contributed by atoms with van der Waals surface area (Å²) < 4.78 is 5.06. The fourth-order valence-electron chi connectivity index (χ4n) is 1.57. The number of H-pyrrole nitrogens is 1. The average Bonchev–Trinajstić information content (AvgIpc) is 3.00. The van der Waals surface area contributed by atoms with Crippen molar-refractivity contribution < 1.29 is 9.53 Å². The van der Waals surface area contributed by atoms with Crippen LogP contribution in [0.4, 0.5) is 0 Å². The van der Waals surface area contributed by atoms with Gasteiger partial charge in [0.2, 0.25) is 5.91 Å². The Bertz CT molecular complexity index is 577. The first-order valence-electron chi connectivity index (χ1n) is 6.05.